The Morgan fingerprint density at radius 1 is 1.11 bits per heavy atom. The average Bonchev–Trinajstić information content (AvgIpc) is 3.46. The quantitative estimate of drug-likeness (QED) is 0.327. The molecule has 0 aliphatic carbocycles. The van der Waals surface area contributed by atoms with Crippen molar-refractivity contribution in [3.8, 4) is 17.3 Å². The maximum absolute atomic E-state index is 13.2. The second-order valence-electron chi connectivity index (χ2n) is 5.73. The van der Waals surface area contributed by atoms with Crippen LogP contribution in [0.2, 0.25) is 0 Å². The van der Waals surface area contributed by atoms with E-state index < -0.39 is 0 Å². The van der Waals surface area contributed by atoms with Gasteiger partial charge in [0, 0.05) is 0 Å². The lowest BCUT2D eigenvalue weighted by atomic mass is 10.3. The van der Waals surface area contributed by atoms with E-state index in [1.807, 2.05) is 0 Å². The van der Waals surface area contributed by atoms with Gasteiger partial charge in [0.05, 0.1) is 29.3 Å². The summed E-state index contributed by atoms with van der Waals surface area (Å²) >= 11 is 1.43. The minimum absolute atomic E-state index is 0.306. The van der Waals surface area contributed by atoms with Crippen LogP contribution in [-0.2, 0) is 5.75 Å². The van der Waals surface area contributed by atoms with Crippen molar-refractivity contribution < 1.29 is 13.3 Å². The van der Waals surface area contributed by atoms with Crippen molar-refractivity contribution in [1.29, 1.82) is 0 Å². The number of hydrogen-bond acceptors (Lipinski definition) is 8. The summed E-state index contributed by atoms with van der Waals surface area (Å²) in [7, 11) is 0. The standard InChI is InChI=1S/C18H11FN6O2S/c19-11-3-5-12(6-4-11)25-17-13(8-22-25)18(21-10-20-17)28-9-15-23-16(24-27-15)14-2-1-7-26-14/h1-8,10H,9H2. The van der Waals surface area contributed by atoms with Crippen molar-refractivity contribution in [3.05, 3.63) is 66.9 Å². The maximum Gasteiger partial charge on any atom is 0.238 e. The van der Waals surface area contributed by atoms with Gasteiger partial charge in [-0.3, -0.25) is 0 Å². The number of fused-ring (bicyclic) bond motifs is 1. The molecule has 0 bridgehead atoms. The summed E-state index contributed by atoms with van der Waals surface area (Å²) in [5.74, 6) is 1.53. The monoisotopic (exact) mass is 394 g/mol. The summed E-state index contributed by atoms with van der Waals surface area (Å²) in [6.45, 7) is 0. The molecule has 0 unspecified atom stereocenters. The van der Waals surface area contributed by atoms with Gasteiger partial charge in [0.2, 0.25) is 11.7 Å². The van der Waals surface area contributed by atoms with E-state index in [0.29, 0.717) is 34.6 Å². The Morgan fingerprint density at radius 3 is 2.82 bits per heavy atom. The first-order valence-electron chi connectivity index (χ1n) is 8.22. The topological polar surface area (TPSA) is 95.7 Å². The molecule has 0 amide bonds. The Balaban J connectivity index is 1.40. The van der Waals surface area contributed by atoms with E-state index in [9.17, 15) is 4.39 Å². The molecule has 138 valence electrons. The second kappa shape index (κ2) is 6.89. The summed E-state index contributed by atoms with van der Waals surface area (Å²) in [5.41, 5.74) is 1.34. The minimum atomic E-state index is -0.306. The Hall–Kier alpha value is -3.53. The highest BCUT2D eigenvalue weighted by Gasteiger charge is 2.15. The molecule has 10 heteroatoms. The van der Waals surface area contributed by atoms with Gasteiger partial charge in [-0.25, -0.2) is 19.0 Å². The molecule has 0 aliphatic heterocycles. The van der Waals surface area contributed by atoms with Gasteiger partial charge >= 0.3 is 0 Å². The summed E-state index contributed by atoms with van der Waals surface area (Å²) in [6, 6.07) is 9.57. The molecule has 1 aromatic carbocycles. The lowest BCUT2D eigenvalue weighted by molar-refractivity contribution is 0.390. The number of halogens is 1. The predicted molar refractivity (Wildman–Crippen MR) is 98.2 cm³/mol. The first-order valence-corrected chi connectivity index (χ1v) is 9.20. The fourth-order valence-electron chi connectivity index (χ4n) is 2.66. The minimum Gasteiger partial charge on any atom is -0.461 e. The summed E-state index contributed by atoms with van der Waals surface area (Å²) in [4.78, 5) is 13.0. The molecule has 0 fully saturated rings. The van der Waals surface area contributed by atoms with Crippen LogP contribution in [0.4, 0.5) is 4.39 Å². The van der Waals surface area contributed by atoms with E-state index in [-0.39, 0.29) is 5.82 Å². The molecular formula is C18H11FN6O2S. The highest BCUT2D eigenvalue weighted by molar-refractivity contribution is 7.98. The lowest BCUT2D eigenvalue weighted by Crippen LogP contribution is -1.98. The first-order chi connectivity index (χ1) is 13.8. The van der Waals surface area contributed by atoms with Crippen LogP contribution in [0.3, 0.4) is 0 Å². The number of rotatable bonds is 5. The Morgan fingerprint density at radius 2 is 2.00 bits per heavy atom. The number of thioether (sulfide) groups is 1. The van der Waals surface area contributed by atoms with Crippen molar-refractivity contribution in [1.82, 2.24) is 29.9 Å². The van der Waals surface area contributed by atoms with Crippen LogP contribution in [0, 0.1) is 5.82 Å². The second-order valence-corrected chi connectivity index (χ2v) is 6.69. The van der Waals surface area contributed by atoms with Crippen molar-refractivity contribution in [2.45, 2.75) is 10.8 Å². The molecular weight excluding hydrogens is 383 g/mol. The van der Waals surface area contributed by atoms with Crippen LogP contribution in [0.15, 0.2) is 69.2 Å². The molecule has 0 N–H and O–H groups in total. The van der Waals surface area contributed by atoms with Gasteiger partial charge < -0.3 is 8.94 Å². The van der Waals surface area contributed by atoms with Gasteiger partial charge in [0.1, 0.15) is 17.2 Å². The molecule has 5 aromatic rings. The number of nitrogens with zero attached hydrogens (tertiary/aromatic N) is 6. The molecule has 4 aromatic heterocycles. The molecule has 4 heterocycles. The summed E-state index contributed by atoms with van der Waals surface area (Å²) in [5, 5.41) is 9.79. The van der Waals surface area contributed by atoms with E-state index >= 15 is 0 Å². The van der Waals surface area contributed by atoms with E-state index in [0.717, 1.165) is 10.4 Å². The van der Waals surface area contributed by atoms with E-state index in [2.05, 4.69) is 25.2 Å². The van der Waals surface area contributed by atoms with Gasteiger partial charge in [0.25, 0.3) is 0 Å². The Kier molecular flexibility index (Phi) is 4.09. The lowest BCUT2D eigenvalue weighted by Gasteiger charge is -2.03. The number of furan rings is 1. The zero-order valence-electron chi connectivity index (χ0n) is 14.2. The molecule has 5 rings (SSSR count). The van der Waals surface area contributed by atoms with Crippen molar-refractivity contribution >= 4 is 22.8 Å². The van der Waals surface area contributed by atoms with Crippen molar-refractivity contribution in [3.63, 3.8) is 0 Å². The SMILES string of the molecule is Fc1ccc(-n2ncc3c(SCc4nc(-c5ccco5)no4)ncnc32)cc1. The van der Waals surface area contributed by atoms with E-state index in [1.54, 1.807) is 41.4 Å². The third kappa shape index (κ3) is 3.03. The highest BCUT2D eigenvalue weighted by Crippen LogP contribution is 2.28. The van der Waals surface area contributed by atoms with Gasteiger partial charge in [-0.05, 0) is 36.4 Å². The fraction of sp³-hybridized carbons (Fsp3) is 0.0556. The molecule has 8 nitrogen and oxygen atoms in total. The van der Waals surface area contributed by atoms with Crippen LogP contribution in [0.25, 0.3) is 28.3 Å². The molecule has 28 heavy (non-hydrogen) atoms. The van der Waals surface area contributed by atoms with Gasteiger partial charge in [-0.2, -0.15) is 10.1 Å². The maximum atomic E-state index is 13.2. The normalized spacial score (nSPS) is 11.3. The van der Waals surface area contributed by atoms with Crippen LogP contribution in [0.5, 0.6) is 0 Å². The molecule has 0 atom stereocenters. The predicted octanol–water partition coefficient (Wildman–Crippen LogP) is 3.89. The van der Waals surface area contributed by atoms with Gasteiger partial charge in [0.15, 0.2) is 11.4 Å². The average molecular weight is 394 g/mol. The summed E-state index contributed by atoms with van der Waals surface area (Å²) in [6.07, 6.45) is 4.70. The smallest absolute Gasteiger partial charge is 0.238 e. The number of hydrogen-bond donors (Lipinski definition) is 0. The fourth-order valence-corrected chi connectivity index (χ4v) is 3.46. The highest BCUT2D eigenvalue weighted by atomic mass is 32.2. The van der Waals surface area contributed by atoms with Crippen LogP contribution >= 0.6 is 11.8 Å². The van der Waals surface area contributed by atoms with E-state index in [1.165, 1.54) is 30.2 Å². The van der Waals surface area contributed by atoms with Crippen LogP contribution < -0.4 is 0 Å². The number of aromatic nitrogens is 6. The third-order valence-corrected chi connectivity index (χ3v) is 4.93. The largest absolute Gasteiger partial charge is 0.461 e. The van der Waals surface area contributed by atoms with Crippen molar-refractivity contribution in [2.75, 3.05) is 0 Å². The van der Waals surface area contributed by atoms with Crippen LogP contribution in [-0.4, -0.2) is 29.9 Å². The molecule has 0 saturated carbocycles. The molecule has 0 spiro atoms. The Labute approximate surface area is 161 Å². The molecule has 0 saturated heterocycles. The first kappa shape index (κ1) is 16.6. The molecule has 0 radical (unpaired) electrons. The summed E-state index contributed by atoms with van der Waals surface area (Å²) < 4.78 is 25.3. The van der Waals surface area contributed by atoms with Crippen molar-refractivity contribution in [2.24, 2.45) is 0 Å². The van der Waals surface area contributed by atoms with Gasteiger partial charge in [-0.1, -0.05) is 16.9 Å². The number of benzene rings is 1. The zero-order chi connectivity index (χ0) is 18.9. The van der Waals surface area contributed by atoms with E-state index in [4.69, 9.17) is 8.94 Å². The zero-order valence-corrected chi connectivity index (χ0v) is 15.0. The van der Waals surface area contributed by atoms with Crippen LogP contribution in [0.1, 0.15) is 5.89 Å². The molecule has 0 aliphatic rings. The third-order valence-electron chi connectivity index (χ3n) is 3.94. The van der Waals surface area contributed by atoms with Gasteiger partial charge in [-0.15, -0.1) is 0 Å². The Bertz CT molecular complexity index is 1230.